The molecule has 1 heterocycles. The van der Waals surface area contributed by atoms with Crippen molar-refractivity contribution in [2.24, 2.45) is 0 Å². The van der Waals surface area contributed by atoms with Crippen LogP contribution in [0.15, 0.2) is 30.5 Å². The topological polar surface area (TPSA) is 33.1 Å². The predicted octanol–water partition coefficient (Wildman–Crippen LogP) is 3.21. The fourth-order valence-corrected chi connectivity index (χ4v) is 1.71. The lowest BCUT2D eigenvalue weighted by Gasteiger charge is -2.07. The van der Waals surface area contributed by atoms with Gasteiger partial charge >= 0.3 is 0 Å². The molecule has 0 atom stereocenters. The molecule has 0 unspecified atom stereocenters. The highest BCUT2D eigenvalue weighted by Gasteiger charge is 2.09. The molecule has 1 aromatic heterocycles. The Kier molecular flexibility index (Phi) is 2.60. The van der Waals surface area contributed by atoms with Crippen LogP contribution < -0.4 is 0 Å². The third-order valence-electron chi connectivity index (χ3n) is 2.46. The fourth-order valence-electron chi connectivity index (χ4n) is 1.71. The first kappa shape index (κ1) is 10.6. The lowest BCUT2D eigenvalue weighted by Crippen LogP contribution is -1.92. The number of hydrogen-bond donors (Lipinski definition) is 1. The van der Waals surface area contributed by atoms with Gasteiger partial charge in [0.1, 0.15) is 11.4 Å². The number of pyridine rings is 1. The molecular formula is C13H12FNO. The van der Waals surface area contributed by atoms with Gasteiger partial charge in [0, 0.05) is 11.6 Å². The molecule has 0 saturated carbocycles. The van der Waals surface area contributed by atoms with Crippen LogP contribution in [-0.2, 0) is 0 Å². The Hall–Kier alpha value is -1.90. The van der Waals surface area contributed by atoms with E-state index in [0.717, 1.165) is 22.8 Å². The summed E-state index contributed by atoms with van der Waals surface area (Å²) in [5.74, 6) is -0.669. The molecule has 3 heteroatoms. The lowest BCUT2D eigenvalue weighted by molar-refractivity contribution is 0.466. The summed E-state index contributed by atoms with van der Waals surface area (Å²) in [6.07, 6.45) is 1.25. The van der Waals surface area contributed by atoms with Gasteiger partial charge in [-0.1, -0.05) is 23.8 Å². The normalized spacial score (nSPS) is 10.4. The van der Waals surface area contributed by atoms with Crippen LogP contribution in [0, 0.1) is 19.7 Å². The van der Waals surface area contributed by atoms with Crippen molar-refractivity contribution in [3.63, 3.8) is 0 Å². The largest absolute Gasteiger partial charge is 0.506 e. The van der Waals surface area contributed by atoms with Crippen molar-refractivity contribution in [2.45, 2.75) is 13.8 Å². The second kappa shape index (κ2) is 3.93. The molecule has 0 aliphatic heterocycles. The van der Waals surface area contributed by atoms with Crippen LogP contribution in [0.25, 0.3) is 11.3 Å². The number of hydrogen-bond acceptors (Lipinski definition) is 2. The van der Waals surface area contributed by atoms with Crippen molar-refractivity contribution < 1.29 is 9.50 Å². The molecule has 1 N–H and O–H groups in total. The van der Waals surface area contributed by atoms with Crippen LogP contribution in [0.1, 0.15) is 11.1 Å². The molecule has 0 fully saturated rings. The van der Waals surface area contributed by atoms with E-state index < -0.39 is 5.82 Å². The molecule has 0 saturated heterocycles. The van der Waals surface area contributed by atoms with E-state index in [9.17, 15) is 4.39 Å². The molecular weight excluding hydrogens is 205 g/mol. The third kappa shape index (κ3) is 1.89. The van der Waals surface area contributed by atoms with Crippen LogP contribution in [0.2, 0.25) is 0 Å². The molecule has 2 nitrogen and oxygen atoms in total. The van der Waals surface area contributed by atoms with E-state index in [1.807, 2.05) is 32.0 Å². The van der Waals surface area contributed by atoms with Crippen LogP contribution in [-0.4, -0.2) is 10.1 Å². The molecule has 0 aliphatic carbocycles. The van der Waals surface area contributed by atoms with E-state index in [1.54, 1.807) is 0 Å². The summed E-state index contributed by atoms with van der Waals surface area (Å²) in [5.41, 5.74) is 3.12. The van der Waals surface area contributed by atoms with E-state index >= 15 is 0 Å². The van der Waals surface area contributed by atoms with Gasteiger partial charge in [0.25, 0.3) is 0 Å². The minimum Gasteiger partial charge on any atom is -0.506 e. The van der Waals surface area contributed by atoms with Crippen LogP contribution in [0.5, 0.6) is 5.75 Å². The van der Waals surface area contributed by atoms with Gasteiger partial charge in [0.2, 0.25) is 0 Å². The summed E-state index contributed by atoms with van der Waals surface area (Å²) in [6, 6.07) is 6.80. The van der Waals surface area contributed by atoms with Crippen LogP contribution in [0.4, 0.5) is 4.39 Å². The summed E-state index contributed by atoms with van der Waals surface area (Å²) in [4.78, 5) is 3.91. The minimum absolute atomic E-state index is 0.161. The summed E-state index contributed by atoms with van der Waals surface area (Å²) in [5, 5.41) is 9.10. The Morgan fingerprint density at radius 1 is 1.19 bits per heavy atom. The predicted molar refractivity (Wildman–Crippen MR) is 60.8 cm³/mol. The van der Waals surface area contributed by atoms with E-state index in [-0.39, 0.29) is 11.4 Å². The monoisotopic (exact) mass is 217 g/mol. The summed E-state index contributed by atoms with van der Waals surface area (Å²) < 4.78 is 13.6. The van der Waals surface area contributed by atoms with Crippen molar-refractivity contribution in [3.8, 4) is 17.0 Å². The number of aromatic nitrogens is 1. The SMILES string of the molecule is Cc1ccc(-c2ncc(O)cc2F)c(C)c1. The maximum atomic E-state index is 13.6. The van der Waals surface area contributed by atoms with E-state index in [1.165, 1.54) is 6.20 Å². The van der Waals surface area contributed by atoms with Gasteiger partial charge in [0.05, 0.1) is 6.20 Å². The van der Waals surface area contributed by atoms with Crippen molar-refractivity contribution >= 4 is 0 Å². The second-order valence-electron chi connectivity index (χ2n) is 3.84. The zero-order chi connectivity index (χ0) is 11.7. The standard InChI is InChI=1S/C13H12FNO/c1-8-3-4-11(9(2)5-8)13-12(14)6-10(16)7-15-13/h3-7,16H,1-2H3. The zero-order valence-corrected chi connectivity index (χ0v) is 9.16. The van der Waals surface area contributed by atoms with E-state index in [2.05, 4.69) is 4.98 Å². The van der Waals surface area contributed by atoms with Gasteiger partial charge in [-0.15, -0.1) is 0 Å². The first-order chi connectivity index (χ1) is 7.58. The summed E-state index contributed by atoms with van der Waals surface area (Å²) in [6.45, 7) is 3.90. The van der Waals surface area contributed by atoms with Crippen molar-refractivity contribution in [3.05, 3.63) is 47.4 Å². The third-order valence-corrected chi connectivity index (χ3v) is 2.46. The van der Waals surface area contributed by atoms with Gasteiger partial charge in [-0.05, 0) is 19.4 Å². The van der Waals surface area contributed by atoms with Gasteiger partial charge < -0.3 is 5.11 Å². The smallest absolute Gasteiger partial charge is 0.153 e. The van der Waals surface area contributed by atoms with Gasteiger partial charge in [-0.3, -0.25) is 0 Å². The lowest BCUT2D eigenvalue weighted by atomic mass is 10.0. The highest BCUT2D eigenvalue weighted by Crippen LogP contribution is 2.26. The first-order valence-corrected chi connectivity index (χ1v) is 5.00. The molecule has 0 aliphatic rings. The number of halogens is 1. The Morgan fingerprint density at radius 3 is 2.56 bits per heavy atom. The molecule has 1 aromatic carbocycles. The number of aromatic hydroxyl groups is 1. The molecule has 0 amide bonds. The maximum absolute atomic E-state index is 13.6. The first-order valence-electron chi connectivity index (χ1n) is 5.00. The zero-order valence-electron chi connectivity index (χ0n) is 9.16. The van der Waals surface area contributed by atoms with Gasteiger partial charge in [0.15, 0.2) is 5.82 Å². The van der Waals surface area contributed by atoms with Crippen LogP contribution in [0.3, 0.4) is 0 Å². The van der Waals surface area contributed by atoms with Crippen molar-refractivity contribution in [1.29, 1.82) is 0 Å². The van der Waals surface area contributed by atoms with E-state index in [0.29, 0.717) is 0 Å². The van der Waals surface area contributed by atoms with Gasteiger partial charge in [-0.2, -0.15) is 0 Å². The number of benzene rings is 1. The Bertz CT molecular complexity index is 488. The van der Waals surface area contributed by atoms with E-state index in [4.69, 9.17) is 5.11 Å². The molecule has 0 bridgehead atoms. The molecule has 2 aromatic rings. The molecule has 16 heavy (non-hydrogen) atoms. The highest BCUT2D eigenvalue weighted by molar-refractivity contribution is 5.64. The average Bonchev–Trinajstić information content (AvgIpc) is 2.19. The Balaban J connectivity index is 2.59. The van der Waals surface area contributed by atoms with Crippen molar-refractivity contribution in [1.82, 2.24) is 4.98 Å². The molecule has 82 valence electrons. The quantitative estimate of drug-likeness (QED) is 0.795. The maximum Gasteiger partial charge on any atom is 0.153 e. The highest BCUT2D eigenvalue weighted by atomic mass is 19.1. The van der Waals surface area contributed by atoms with Crippen molar-refractivity contribution in [2.75, 3.05) is 0 Å². The fraction of sp³-hybridized carbons (Fsp3) is 0.154. The Labute approximate surface area is 93.4 Å². The number of rotatable bonds is 1. The second-order valence-corrected chi connectivity index (χ2v) is 3.84. The average molecular weight is 217 g/mol. The molecule has 0 radical (unpaired) electrons. The Morgan fingerprint density at radius 2 is 1.94 bits per heavy atom. The number of nitrogens with zero attached hydrogens (tertiary/aromatic N) is 1. The van der Waals surface area contributed by atoms with Gasteiger partial charge in [-0.25, -0.2) is 9.37 Å². The molecule has 0 spiro atoms. The van der Waals surface area contributed by atoms with Crippen LogP contribution >= 0.6 is 0 Å². The summed E-state index contributed by atoms with van der Waals surface area (Å²) in [7, 11) is 0. The number of aryl methyl sites for hydroxylation is 2. The summed E-state index contributed by atoms with van der Waals surface area (Å²) >= 11 is 0. The molecule has 2 rings (SSSR count). The minimum atomic E-state index is -0.507.